The second-order valence-corrected chi connectivity index (χ2v) is 5.78. The molecule has 0 saturated carbocycles. The molecular formula is C15H18N2O. The first-order valence-corrected chi connectivity index (χ1v) is 6.61. The van der Waals surface area contributed by atoms with Crippen molar-refractivity contribution in [1.29, 1.82) is 5.26 Å². The van der Waals surface area contributed by atoms with Crippen molar-refractivity contribution in [1.82, 2.24) is 0 Å². The fourth-order valence-corrected chi connectivity index (χ4v) is 2.99. The van der Waals surface area contributed by atoms with E-state index in [9.17, 15) is 5.26 Å². The van der Waals surface area contributed by atoms with Crippen molar-refractivity contribution in [2.75, 3.05) is 18.0 Å². The largest absolute Gasteiger partial charge is 0.486 e. The molecule has 3 nitrogen and oxygen atoms in total. The zero-order valence-electron chi connectivity index (χ0n) is 11.0. The second-order valence-electron chi connectivity index (χ2n) is 5.78. The molecule has 2 aliphatic heterocycles. The van der Waals surface area contributed by atoms with Crippen LogP contribution in [0.25, 0.3) is 0 Å². The Labute approximate surface area is 108 Å². The van der Waals surface area contributed by atoms with Crippen LogP contribution in [-0.2, 0) is 6.42 Å². The number of hydrogen-bond acceptors (Lipinski definition) is 3. The summed E-state index contributed by atoms with van der Waals surface area (Å²) in [5, 5.41) is 9.18. The van der Waals surface area contributed by atoms with Crippen LogP contribution in [0.1, 0.15) is 37.8 Å². The summed E-state index contributed by atoms with van der Waals surface area (Å²) < 4.78 is 5.97. The van der Waals surface area contributed by atoms with Crippen molar-refractivity contribution in [2.24, 2.45) is 0 Å². The minimum atomic E-state index is -0.191. The minimum Gasteiger partial charge on any atom is -0.486 e. The Hall–Kier alpha value is -1.69. The quantitative estimate of drug-likeness (QED) is 0.759. The van der Waals surface area contributed by atoms with Crippen molar-refractivity contribution in [3.05, 3.63) is 23.3 Å². The van der Waals surface area contributed by atoms with E-state index in [1.807, 2.05) is 6.07 Å². The smallest absolute Gasteiger partial charge is 0.143 e. The molecule has 3 heteroatoms. The third-order valence-corrected chi connectivity index (χ3v) is 3.78. The van der Waals surface area contributed by atoms with E-state index < -0.39 is 0 Å². The minimum absolute atomic E-state index is 0.191. The average Bonchev–Trinajstić information content (AvgIpc) is 2.93. The molecule has 0 spiro atoms. The summed E-state index contributed by atoms with van der Waals surface area (Å²) in [5.41, 5.74) is 2.97. The molecule has 0 amide bonds. The molecule has 0 N–H and O–H groups in total. The number of benzene rings is 1. The highest BCUT2D eigenvalue weighted by Crippen LogP contribution is 2.43. The van der Waals surface area contributed by atoms with E-state index in [1.54, 1.807) is 0 Å². The first-order valence-electron chi connectivity index (χ1n) is 6.61. The first kappa shape index (κ1) is 11.4. The number of ether oxygens (including phenoxy) is 1. The van der Waals surface area contributed by atoms with Crippen LogP contribution in [0.3, 0.4) is 0 Å². The Bertz CT molecular complexity index is 522. The van der Waals surface area contributed by atoms with Crippen molar-refractivity contribution >= 4 is 5.69 Å². The van der Waals surface area contributed by atoms with Crippen LogP contribution in [-0.4, -0.2) is 18.7 Å². The molecule has 1 fully saturated rings. The standard InChI is InChI=1S/C15H18N2O/c1-15(2)9-12-13(17-7-3-4-8-17)6-5-11(10-16)14(12)18-15/h5-6H,3-4,7-9H2,1-2H3. The van der Waals surface area contributed by atoms with Crippen LogP contribution in [0, 0.1) is 11.3 Å². The highest BCUT2D eigenvalue weighted by atomic mass is 16.5. The molecule has 1 aromatic carbocycles. The fraction of sp³-hybridized carbons (Fsp3) is 0.533. The maximum absolute atomic E-state index is 9.18. The zero-order valence-corrected chi connectivity index (χ0v) is 11.0. The van der Waals surface area contributed by atoms with Gasteiger partial charge in [0.25, 0.3) is 0 Å². The average molecular weight is 242 g/mol. The van der Waals surface area contributed by atoms with E-state index in [0.29, 0.717) is 5.56 Å². The zero-order chi connectivity index (χ0) is 12.8. The van der Waals surface area contributed by atoms with Crippen LogP contribution in [0.2, 0.25) is 0 Å². The Morgan fingerprint density at radius 3 is 2.67 bits per heavy atom. The molecule has 0 radical (unpaired) electrons. The molecule has 1 aromatic rings. The normalized spacial score (nSPS) is 20.4. The molecule has 0 atom stereocenters. The van der Waals surface area contributed by atoms with Gasteiger partial charge in [0, 0.05) is 30.8 Å². The molecule has 1 saturated heterocycles. The van der Waals surface area contributed by atoms with Gasteiger partial charge in [0.1, 0.15) is 17.4 Å². The van der Waals surface area contributed by atoms with Crippen molar-refractivity contribution in [3.63, 3.8) is 0 Å². The number of nitrogens with zero attached hydrogens (tertiary/aromatic N) is 2. The van der Waals surface area contributed by atoms with Gasteiger partial charge in [-0.15, -0.1) is 0 Å². The highest BCUT2D eigenvalue weighted by Gasteiger charge is 2.35. The van der Waals surface area contributed by atoms with Gasteiger partial charge in [-0.25, -0.2) is 0 Å². The molecule has 0 aliphatic carbocycles. The van der Waals surface area contributed by atoms with E-state index in [4.69, 9.17) is 4.74 Å². The lowest BCUT2D eigenvalue weighted by Gasteiger charge is -2.20. The van der Waals surface area contributed by atoms with Crippen LogP contribution in [0.4, 0.5) is 5.69 Å². The molecule has 0 aromatic heterocycles. The summed E-state index contributed by atoms with van der Waals surface area (Å²) in [7, 11) is 0. The number of fused-ring (bicyclic) bond motifs is 1. The number of hydrogen-bond donors (Lipinski definition) is 0. The molecule has 3 rings (SSSR count). The van der Waals surface area contributed by atoms with Gasteiger partial charge in [0.2, 0.25) is 0 Å². The van der Waals surface area contributed by atoms with Gasteiger partial charge in [-0.2, -0.15) is 5.26 Å². The Morgan fingerprint density at radius 2 is 2.00 bits per heavy atom. The highest BCUT2D eigenvalue weighted by molar-refractivity contribution is 5.66. The van der Waals surface area contributed by atoms with Gasteiger partial charge in [0.05, 0.1) is 5.56 Å². The van der Waals surface area contributed by atoms with Crippen molar-refractivity contribution in [3.8, 4) is 11.8 Å². The third-order valence-electron chi connectivity index (χ3n) is 3.78. The van der Waals surface area contributed by atoms with Crippen LogP contribution >= 0.6 is 0 Å². The summed E-state index contributed by atoms with van der Waals surface area (Å²) in [5.74, 6) is 0.812. The predicted molar refractivity (Wildman–Crippen MR) is 71.0 cm³/mol. The SMILES string of the molecule is CC1(C)Cc2c(N3CCCC3)ccc(C#N)c2O1. The van der Waals surface area contributed by atoms with Crippen molar-refractivity contribution in [2.45, 2.75) is 38.7 Å². The fourth-order valence-electron chi connectivity index (χ4n) is 2.99. The van der Waals surface area contributed by atoms with Gasteiger partial charge < -0.3 is 9.64 Å². The summed E-state index contributed by atoms with van der Waals surface area (Å²) in [6.07, 6.45) is 3.42. The lowest BCUT2D eigenvalue weighted by Crippen LogP contribution is -2.25. The second kappa shape index (κ2) is 3.91. The topological polar surface area (TPSA) is 36.3 Å². The number of anilines is 1. The van der Waals surface area contributed by atoms with Gasteiger partial charge >= 0.3 is 0 Å². The molecule has 2 heterocycles. The van der Waals surface area contributed by atoms with Crippen LogP contribution < -0.4 is 9.64 Å². The van der Waals surface area contributed by atoms with Crippen LogP contribution in [0.15, 0.2) is 12.1 Å². The number of rotatable bonds is 1. The van der Waals surface area contributed by atoms with E-state index >= 15 is 0 Å². The molecule has 0 unspecified atom stereocenters. The molecule has 0 bridgehead atoms. The Balaban J connectivity index is 2.09. The summed E-state index contributed by atoms with van der Waals surface area (Å²) >= 11 is 0. The maximum atomic E-state index is 9.18. The van der Waals surface area contributed by atoms with Crippen molar-refractivity contribution < 1.29 is 4.74 Å². The van der Waals surface area contributed by atoms with E-state index in [1.165, 1.54) is 24.1 Å². The van der Waals surface area contributed by atoms with Gasteiger partial charge in [0.15, 0.2) is 0 Å². The first-order chi connectivity index (χ1) is 8.61. The lowest BCUT2D eigenvalue weighted by atomic mass is 9.98. The predicted octanol–water partition coefficient (Wildman–Crippen LogP) is 2.87. The third kappa shape index (κ3) is 1.73. The maximum Gasteiger partial charge on any atom is 0.143 e. The Kier molecular flexibility index (Phi) is 2.48. The molecule has 94 valence electrons. The molecule has 2 aliphatic rings. The summed E-state index contributed by atoms with van der Waals surface area (Å²) in [4.78, 5) is 2.42. The monoisotopic (exact) mass is 242 g/mol. The summed E-state index contributed by atoms with van der Waals surface area (Å²) in [6, 6.07) is 6.23. The molecule has 18 heavy (non-hydrogen) atoms. The van der Waals surface area contributed by atoms with E-state index in [2.05, 4.69) is 30.9 Å². The van der Waals surface area contributed by atoms with Gasteiger partial charge in [-0.3, -0.25) is 0 Å². The van der Waals surface area contributed by atoms with Gasteiger partial charge in [-0.1, -0.05) is 0 Å². The number of nitriles is 1. The van der Waals surface area contributed by atoms with E-state index in [0.717, 1.165) is 25.3 Å². The Morgan fingerprint density at radius 1 is 1.28 bits per heavy atom. The van der Waals surface area contributed by atoms with Gasteiger partial charge in [-0.05, 0) is 38.8 Å². The molecular weight excluding hydrogens is 224 g/mol. The van der Waals surface area contributed by atoms with Crippen LogP contribution in [0.5, 0.6) is 5.75 Å². The summed E-state index contributed by atoms with van der Waals surface area (Å²) in [6.45, 7) is 6.42. The van der Waals surface area contributed by atoms with E-state index in [-0.39, 0.29) is 5.60 Å². The lowest BCUT2D eigenvalue weighted by molar-refractivity contribution is 0.138.